The topological polar surface area (TPSA) is 26.3 Å². The molecule has 0 amide bonds. The lowest BCUT2D eigenvalue weighted by Gasteiger charge is -2.37. The third kappa shape index (κ3) is 2.48. The molecule has 2 heteroatoms. The number of carbonyl (C=O) groups is 1. The van der Waals surface area contributed by atoms with E-state index in [4.69, 9.17) is 4.74 Å². The summed E-state index contributed by atoms with van der Waals surface area (Å²) in [6.07, 6.45) is 7.78. The average Bonchev–Trinajstić information content (AvgIpc) is 2.30. The molecule has 92 valence electrons. The minimum Gasteiger partial charge on any atom is -0.367 e. The van der Waals surface area contributed by atoms with E-state index in [0.717, 1.165) is 44.6 Å². The third-order valence-corrected chi connectivity index (χ3v) is 4.38. The van der Waals surface area contributed by atoms with Gasteiger partial charge in [0.15, 0.2) is 5.78 Å². The molecule has 1 atom stereocenters. The first-order valence-corrected chi connectivity index (χ1v) is 6.80. The largest absolute Gasteiger partial charge is 0.367 e. The van der Waals surface area contributed by atoms with Gasteiger partial charge in [-0.05, 0) is 44.9 Å². The smallest absolute Gasteiger partial charge is 0.167 e. The first-order valence-electron chi connectivity index (χ1n) is 6.80. The normalized spacial score (nSPS) is 40.6. The minimum absolute atomic E-state index is 0.277. The second-order valence-corrected chi connectivity index (χ2v) is 5.86. The van der Waals surface area contributed by atoms with E-state index in [1.807, 2.05) is 6.92 Å². The zero-order valence-corrected chi connectivity index (χ0v) is 10.6. The number of hydrogen-bond donors (Lipinski definition) is 0. The molecule has 0 aromatic rings. The van der Waals surface area contributed by atoms with Crippen molar-refractivity contribution in [1.82, 2.24) is 0 Å². The lowest BCUT2D eigenvalue weighted by molar-refractivity contribution is -0.153. The fraction of sp³-hybridized carbons (Fsp3) is 0.929. The van der Waals surface area contributed by atoms with Gasteiger partial charge < -0.3 is 4.74 Å². The Kier molecular flexibility index (Phi) is 3.68. The lowest BCUT2D eigenvalue weighted by atomic mass is 9.75. The zero-order valence-electron chi connectivity index (χ0n) is 10.6. The second kappa shape index (κ2) is 4.87. The van der Waals surface area contributed by atoms with Crippen molar-refractivity contribution in [2.24, 2.45) is 11.8 Å². The van der Waals surface area contributed by atoms with Gasteiger partial charge in [0.25, 0.3) is 0 Å². The van der Waals surface area contributed by atoms with E-state index >= 15 is 0 Å². The second-order valence-electron chi connectivity index (χ2n) is 5.86. The van der Waals surface area contributed by atoms with Gasteiger partial charge in [-0.25, -0.2) is 0 Å². The van der Waals surface area contributed by atoms with E-state index in [9.17, 15) is 4.79 Å². The molecule has 0 aromatic heterocycles. The van der Waals surface area contributed by atoms with Gasteiger partial charge in [-0.15, -0.1) is 0 Å². The molecule has 1 aliphatic heterocycles. The molecule has 0 bridgehead atoms. The van der Waals surface area contributed by atoms with Gasteiger partial charge in [0.1, 0.15) is 5.60 Å². The molecule has 0 spiro atoms. The summed E-state index contributed by atoms with van der Waals surface area (Å²) in [5, 5.41) is 0. The Morgan fingerprint density at radius 1 is 1.19 bits per heavy atom. The van der Waals surface area contributed by atoms with Crippen LogP contribution in [-0.4, -0.2) is 18.0 Å². The van der Waals surface area contributed by atoms with Gasteiger partial charge in [-0.2, -0.15) is 0 Å². The van der Waals surface area contributed by atoms with Crippen LogP contribution in [0, 0.1) is 11.8 Å². The van der Waals surface area contributed by atoms with Gasteiger partial charge in [-0.1, -0.05) is 19.8 Å². The van der Waals surface area contributed by atoms with Crippen LogP contribution >= 0.6 is 0 Å². The quantitative estimate of drug-likeness (QED) is 0.719. The summed E-state index contributed by atoms with van der Waals surface area (Å²) < 4.78 is 5.76. The molecular weight excluding hydrogens is 200 g/mol. The van der Waals surface area contributed by atoms with Crippen LogP contribution in [0.2, 0.25) is 0 Å². The molecule has 0 N–H and O–H groups in total. The van der Waals surface area contributed by atoms with Crippen molar-refractivity contribution >= 4 is 5.78 Å². The van der Waals surface area contributed by atoms with Gasteiger partial charge in [0.2, 0.25) is 0 Å². The summed E-state index contributed by atoms with van der Waals surface area (Å²) in [7, 11) is 0. The summed E-state index contributed by atoms with van der Waals surface area (Å²) in [6.45, 7) is 5.07. The highest BCUT2D eigenvalue weighted by Crippen LogP contribution is 2.35. The Morgan fingerprint density at radius 2 is 1.88 bits per heavy atom. The number of ketones is 1. The van der Waals surface area contributed by atoms with Crippen LogP contribution in [0.4, 0.5) is 0 Å². The zero-order chi connectivity index (χ0) is 11.6. The van der Waals surface area contributed by atoms with E-state index in [0.29, 0.717) is 5.78 Å². The Morgan fingerprint density at radius 3 is 2.44 bits per heavy atom. The van der Waals surface area contributed by atoms with Crippen molar-refractivity contribution in [2.75, 3.05) is 6.61 Å². The van der Waals surface area contributed by atoms with Crippen LogP contribution in [0.3, 0.4) is 0 Å². The molecule has 1 saturated carbocycles. The van der Waals surface area contributed by atoms with Crippen LogP contribution in [0.25, 0.3) is 0 Å². The van der Waals surface area contributed by atoms with Gasteiger partial charge >= 0.3 is 0 Å². The Balaban J connectivity index is 1.95. The van der Waals surface area contributed by atoms with Gasteiger partial charge in [-0.3, -0.25) is 4.79 Å². The van der Waals surface area contributed by atoms with Crippen LogP contribution < -0.4 is 0 Å². The molecule has 1 saturated heterocycles. The number of ether oxygens (including phenoxy) is 1. The molecule has 2 fully saturated rings. The molecule has 16 heavy (non-hydrogen) atoms. The van der Waals surface area contributed by atoms with Crippen molar-refractivity contribution < 1.29 is 9.53 Å². The van der Waals surface area contributed by atoms with E-state index in [-0.39, 0.29) is 5.92 Å². The summed E-state index contributed by atoms with van der Waals surface area (Å²) in [5.74, 6) is 1.47. The van der Waals surface area contributed by atoms with E-state index < -0.39 is 5.60 Å². The monoisotopic (exact) mass is 224 g/mol. The van der Waals surface area contributed by atoms with Gasteiger partial charge in [0, 0.05) is 12.5 Å². The number of carbonyl (C=O) groups excluding carboxylic acids is 1. The highest BCUT2D eigenvalue weighted by atomic mass is 16.5. The van der Waals surface area contributed by atoms with Crippen molar-refractivity contribution in [2.45, 2.75) is 64.4 Å². The standard InChI is InChI=1S/C14H24O2/c1-11-5-7-12(8-6-11)13(15)14(2)9-3-4-10-16-14/h11-12H,3-10H2,1-2H3. The van der Waals surface area contributed by atoms with Crippen molar-refractivity contribution in [3.8, 4) is 0 Å². The van der Waals surface area contributed by atoms with E-state index in [2.05, 4.69) is 6.92 Å². The Labute approximate surface area is 98.7 Å². The Bertz CT molecular complexity index is 245. The fourth-order valence-electron chi connectivity index (χ4n) is 3.08. The van der Waals surface area contributed by atoms with Crippen LogP contribution in [-0.2, 0) is 9.53 Å². The first kappa shape index (κ1) is 12.1. The van der Waals surface area contributed by atoms with E-state index in [1.165, 1.54) is 12.8 Å². The number of hydrogen-bond acceptors (Lipinski definition) is 2. The minimum atomic E-state index is -0.455. The summed E-state index contributed by atoms with van der Waals surface area (Å²) >= 11 is 0. The summed E-state index contributed by atoms with van der Waals surface area (Å²) in [4.78, 5) is 12.5. The maximum atomic E-state index is 12.5. The van der Waals surface area contributed by atoms with E-state index in [1.54, 1.807) is 0 Å². The highest BCUT2D eigenvalue weighted by molar-refractivity contribution is 5.89. The van der Waals surface area contributed by atoms with Crippen LogP contribution in [0.15, 0.2) is 0 Å². The molecule has 0 aromatic carbocycles. The molecule has 1 aliphatic carbocycles. The molecular formula is C14H24O2. The molecule has 2 nitrogen and oxygen atoms in total. The highest BCUT2D eigenvalue weighted by Gasteiger charge is 2.40. The van der Waals surface area contributed by atoms with Crippen molar-refractivity contribution in [3.05, 3.63) is 0 Å². The molecule has 2 aliphatic rings. The average molecular weight is 224 g/mol. The fourth-order valence-corrected chi connectivity index (χ4v) is 3.08. The van der Waals surface area contributed by atoms with Crippen molar-refractivity contribution in [1.29, 1.82) is 0 Å². The lowest BCUT2D eigenvalue weighted by Crippen LogP contribution is -2.45. The summed E-state index contributed by atoms with van der Waals surface area (Å²) in [5.41, 5.74) is -0.455. The molecule has 1 heterocycles. The van der Waals surface area contributed by atoms with Crippen LogP contribution in [0.1, 0.15) is 58.8 Å². The molecule has 2 rings (SSSR count). The SMILES string of the molecule is CC1CCC(C(=O)C2(C)CCCCO2)CC1. The maximum absolute atomic E-state index is 12.5. The van der Waals surface area contributed by atoms with Crippen molar-refractivity contribution in [3.63, 3.8) is 0 Å². The molecule has 0 radical (unpaired) electrons. The maximum Gasteiger partial charge on any atom is 0.167 e. The third-order valence-electron chi connectivity index (χ3n) is 4.38. The van der Waals surface area contributed by atoms with Crippen LogP contribution in [0.5, 0.6) is 0 Å². The predicted octanol–water partition coefficient (Wildman–Crippen LogP) is 3.34. The Hall–Kier alpha value is -0.370. The number of rotatable bonds is 2. The van der Waals surface area contributed by atoms with Gasteiger partial charge in [0.05, 0.1) is 0 Å². The predicted molar refractivity (Wildman–Crippen MR) is 64.3 cm³/mol. The number of Topliss-reactive ketones (excluding diaryl/α,β-unsaturated/α-hetero) is 1. The molecule has 1 unspecified atom stereocenters. The summed E-state index contributed by atoms with van der Waals surface area (Å²) in [6, 6.07) is 0. The first-order chi connectivity index (χ1) is 7.62.